The number of benzene rings is 2. The first kappa shape index (κ1) is 11.2. The molecule has 0 amide bonds. The maximum Gasteiger partial charge on any atom is 0.101 e. The molecule has 2 aromatic carbocycles. The highest BCUT2D eigenvalue weighted by molar-refractivity contribution is 5.83. The lowest BCUT2D eigenvalue weighted by molar-refractivity contribution is 1.41. The minimum absolute atomic E-state index is 0.633. The zero-order valence-corrected chi connectivity index (χ0v) is 10.2. The Labute approximate surface area is 111 Å². The van der Waals surface area contributed by atoms with Crippen molar-refractivity contribution < 1.29 is 0 Å². The van der Waals surface area contributed by atoms with E-state index in [1.807, 2.05) is 48.5 Å². The van der Waals surface area contributed by atoms with Gasteiger partial charge in [0.15, 0.2) is 0 Å². The summed E-state index contributed by atoms with van der Waals surface area (Å²) in [7, 11) is 0. The molecule has 90 valence electrons. The number of nitrogens with zero attached hydrogens (tertiary/aromatic N) is 2. The molecule has 19 heavy (non-hydrogen) atoms. The highest BCUT2D eigenvalue weighted by Crippen LogP contribution is 2.23. The second-order valence-corrected chi connectivity index (χ2v) is 4.19. The Morgan fingerprint density at radius 3 is 2.79 bits per heavy atom. The molecule has 0 spiro atoms. The van der Waals surface area contributed by atoms with E-state index in [4.69, 9.17) is 5.26 Å². The van der Waals surface area contributed by atoms with Crippen molar-refractivity contribution in [3.05, 3.63) is 66.4 Å². The first-order valence-corrected chi connectivity index (χ1v) is 5.98. The molecule has 0 aliphatic rings. The number of fused-ring (bicyclic) bond motifs is 1. The van der Waals surface area contributed by atoms with Crippen molar-refractivity contribution in [2.45, 2.75) is 0 Å². The van der Waals surface area contributed by atoms with Crippen LogP contribution in [0.2, 0.25) is 0 Å². The zero-order valence-electron chi connectivity index (χ0n) is 10.2. The van der Waals surface area contributed by atoms with E-state index in [1.165, 1.54) is 0 Å². The lowest BCUT2D eigenvalue weighted by atomic mass is 10.1. The number of rotatable bonds is 2. The van der Waals surface area contributed by atoms with Crippen molar-refractivity contribution in [2.75, 3.05) is 5.32 Å². The SMILES string of the molecule is N#Cc1ccccc1Nc1ccc2ncccc2c1. The Balaban J connectivity index is 1.99. The monoisotopic (exact) mass is 245 g/mol. The number of anilines is 2. The van der Waals surface area contributed by atoms with Crippen LogP contribution in [0.15, 0.2) is 60.8 Å². The molecule has 3 heteroatoms. The van der Waals surface area contributed by atoms with Gasteiger partial charge < -0.3 is 5.32 Å². The Kier molecular flexibility index (Phi) is 2.83. The van der Waals surface area contributed by atoms with Gasteiger partial charge in [-0.05, 0) is 36.4 Å². The van der Waals surface area contributed by atoms with E-state index in [0.29, 0.717) is 5.56 Å². The van der Waals surface area contributed by atoms with Crippen LogP contribution < -0.4 is 5.32 Å². The standard InChI is InChI=1S/C16H11N3/c17-11-13-4-1-2-6-16(13)19-14-7-8-15-12(10-14)5-3-9-18-15/h1-10,19H. The van der Waals surface area contributed by atoms with E-state index in [2.05, 4.69) is 16.4 Å². The van der Waals surface area contributed by atoms with E-state index in [0.717, 1.165) is 22.3 Å². The van der Waals surface area contributed by atoms with Crippen molar-refractivity contribution in [1.82, 2.24) is 4.98 Å². The summed E-state index contributed by atoms with van der Waals surface area (Å²) in [5.74, 6) is 0. The maximum atomic E-state index is 9.07. The lowest BCUT2D eigenvalue weighted by Crippen LogP contribution is -1.93. The first-order valence-electron chi connectivity index (χ1n) is 5.98. The molecule has 0 atom stereocenters. The number of para-hydroxylation sites is 1. The lowest BCUT2D eigenvalue weighted by Gasteiger charge is -2.08. The van der Waals surface area contributed by atoms with Gasteiger partial charge in [0, 0.05) is 17.3 Å². The first-order chi connectivity index (χ1) is 9.36. The van der Waals surface area contributed by atoms with Crippen LogP contribution in [0.5, 0.6) is 0 Å². The molecule has 3 rings (SSSR count). The van der Waals surface area contributed by atoms with Gasteiger partial charge in [0.2, 0.25) is 0 Å². The van der Waals surface area contributed by atoms with Crippen molar-refractivity contribution >= 4 is 22.3 Å². The molecular formula is C16H11N3. The third-order valence-electron chi connectivity index (χ3n) is 2.93. The van der Waals surface area contributed by atoms with Crippen LogP contribution in [0.25, 0.3) is 10.9 Å². The fraction of sp³-hybridized carbons (Fsp3) is 0. The molecule has 0 saturated carbocycles. The number of hydrogen-bond acceptors (Lipinski definition) is 3. The molecule has 1 aromatic heterocycles. The maximum absolute atomic E-state index is 9.07. The normalized spacial score (nSPS) is 10.1. The van der Waals surface area contributed by atoms with Crippen molar-refractivity contribution in [2.24, 2.45) is 0 Å². The van der Waals surface area contributed by atoms with Gasteiger partial charge in [-0.1, -0.05) is 18.2 Å². The predicted octanol–water partition coefficient (Wildman–Crippen LogP) is 3.85. The van der Waals surface area contributed by atoms with E-state index in [1.54, 1.807) is 12.3 Å². The number of pyridine rings is 1. The van der Waals surface area contributed by atoms with Crippen LogP contribution >= 0.6 is 0 Å². The second kappa shape index (κ2) is 4.79. The summed E-state index contributed by atoms with van der Waals surface area (Å²) in [4.78, 5) is 4.28. The fourth-order valence-corrected chi connectivity index (χ4v) is 2.00. The zero-order chi connectivity index (χ0) is 13.1. The molecule has 0 radical (unpaired) electrons. The van der Waals surface area contributed by atoms with Crippen LogP contribution in [0, 0.1) is 11.3 Å². The summed E-state index contributed by atoms with van der Waals surface area (Å²) < 4.78 is 0. The van der Waals surface area contributed by atoms with Gasteiger partial charge >= 0.3 is 0 Å². The van der Waals surface area contributed by atoms with Crippen molar-refractivity contribution in [1.29, 1.82) is 5.26 Å². The second-order valence-electron chi connectivity index (χ2n) is 4.19. The highest BCUT2D eigenvalue weighted by atomic mass is 14.9. The van der Waals surface area contributed by atoms with Gasteiger partial charge in [-0.15, -0.1) is 0 Å². The Morgan fingerprint density at radius 1 is 1.00 bits per heavy atom. The Morgan fingerprint density at radius 2 is 1.89 bits per heavy atom. The molecule has 0 bridgehead atoms. The van der Waals surface area contributed by atoms with Gasteiger partial charge in [-0.3, -0.25) is 4.98 Å². The summed E-state index contributed by atoms with van der Waals surface area (Å²) >= 11 is 0. The molecule has 3 aromatic rings. The van der Waals surface area contributed by atoms with Gasteiger partial charge in [-0.2, -0.15) is 5.26 Å². The van der Waals surface area contributed by atoms with Gasteiger partial charge in [0.05, 0.1) is 16.8 Å². The Bertz CT molecular complexity index is 772. The van der Waals surface area contributed by atoms with E-state index >= 15 is 0 Å². The molecule has 1 N–H and O–H groups in total. The van der Waals surface area contributed by atoms with Crippen LogP contribution in [0.1, 0.15) is 5.56 Å². The predicted molar refractivity (Wildman–Crippen MR) is 76.2 cm³/mol. The van der Waals surface area contributed by atoms with Crippen LogP contribution in [0.3, 0.4) is 0 Å². The van der Waals surface area contributed by atoms with E-state index in [9.17, 15) is 0 Å². The third-order valence-corrected chi connectivity index (χ3v) is 2.93. The molecule has 3 nitrogen and oxygen atoms in total. The van der Waals surface area contributed by atoms with Crippen LogP contribution in [-0.2, 0) is 0 Å². The number of nitrogens with one attached hydrogen (secondary N) is 1. The number of hydrogen-bond donors (Lipinski definition) is 1. The van der Waals surface area contributed by atoms with Gasteiger partial charge in [0.1, 0.15) is 6.07 Å². The molecule has 0 aliphatic carbocycles. The van der Waals surface area contributed by atoms with Gasteiger partial charge in [-0.25, -0.2) is 0 Å². The third kappa shape index (κ3) is 2.24. The summed E-state index contributed by atoms with van der Waals surface area (Å²) in [5, 5.41) is 13.4. The van der Waals surface area contributed by atoms with E-state index in [-0.39, 0.29) is 0 Å². The molecular weight excluding hydrogens is 234 g/mol. The summed E-state index contributed by atoms with van der Waals surface area (Å²) in [5.41, 5.74) is 3.35. The molecule has 0 aliphatic heterocycles. The molecule has 1 heterocycles. The Hall–Kier alpha value is -2.86. The van der Waals surface area contributed by atoms with Crippen molar-refractivity contribution in [3.63, 3.8) is 0 Å². The minimum Gasteiger partial charge on any atom is -0.354 e. The highest BCUT2D eigenvalue weighted by Gasteiger charge is 2.02. The smallest absolute Gasteiger partial charge is 0.101 e. The summed E-state index contributed by atoms with van der Waals surface area (Å²) in [6.07, 6.45) is 1.78. The largest absolute Gasteiger partial charge is 0.354 e. The average molecular weight is 245 g/mol. The van der Waals surface area contributed by atoms with Crippen LogP contribution in [-0.4, -0.2) is 4.98 Å². The number of aromatic nitrogens is 1. The number of nitriles is 1. The molecule has 0 fully saturated rings. The minimum atomic E-state index is 0.633. The molecule has 0 saturated heterocycles. The van der Waals surface area contributed by atoms with E-state index < -0.39 is 0 Å². The fourth-order valence-electron chi connectivity index (χ4n) is 2.00. The quantitative estimate of drug-likeness (QED) is 0.746. The summed E-state index contributed by atoms with van der Waals surface area (Å²) in [6, 6.07) is 19.5. The van der Waals surface area contributed by atoms with Gasteiger partial charge in [0.25, 0.3) is 0 Å². The molecule has 0 unspecified atom stereocenters. The van der Waals surface area contributed by atoms with Crippen molar-refractivity contribution in [3.8, 4) is 6.07 Å². The van der Waals surface area contributed by atoms with Crippen LogP contribution in [0.4, 0.5) is 11.4 Å². The topological polar surface area (TPSA) is 48.7 Å². The summed E-state index contributed by atoms with van der Waals surface area (Å²) in [6.45, 7) is 0. The average Bonchev–Trinajstić information content (AvgIpc) is 2.48.